The fourth-order valence-electron chi connectivity index (χ4n) is 1.46. The maximum Gasteiger partial charge on any atom is 0.338 e. The van der Waals surface area contributed by atoms with Crippen molar-refractivity contribution >= 4 is 23.0 Å². The molecule has 0 radical (unpaired) electrons. The highest BCUT2D eigenvalue weighted by molar-refractivity contribution is 7.07. The lowest BCUT2D eigenvalue weighted by atomic mass is 10.2. The highest BCUT2D eigenvalue weighted by atomic mass is 32.1. The molecule has 2 aromatic rings. The van der Waals surface area contributed by atoms with Crippen molar-refractivity contribution in [3.63, 3.8) is 0 Å². The molecule has 0 saturated heterocycles. The summed E-state index contributed by atoms with van der Waals surface area (Å²) in [6.07, 6.45) is 0. The predicted molar refractivity (Wildman–Crippen MR) is 71.8 cm³/mol. The molecule has 2 rings (SSSR count). The molecule has 0 amide bonds. The number of anilines is 1. The van der Waals surface area contributed by atoms with Crippen molar-refractivity contribution in [3.05, 3.63) is 46.4 Å². The van der Waals surface area contributed by atoms with Gasteiger partial charge in [-0.2, -0.15) is 0 Å². The Kier molecular flexibility index (Phi) is 4.30. The number of hydrogen-bond acceptors (Lipinski definition) is 5. The van der Waals surface area contributed by atoms with E-state index in [-0.39, 0.29) is 5.97 Å². The van der Waals surface area contributed by atoms with Gasteiger partial charge in [-0.05, 0) is 31.2 Å². The highest BCUT2D eigenvalue weighted by Crippen LogP contribution is 2.12. The summed E-state index contributed by atoms with van der Waals surface area (Å²) in [5, 5.41) is 5.24. The zero-order valence-electron chi connectivity index (χ0n) is 10.1. The van der Waals surface area contributed by atoms with Crippen LogP contribution < -0.4 is 5.32 Å². The summed E-state index contributed by atoms with van der Waals surface area (Å²) in [5.74, 6) is -0.288. The van der Waals surface area contributed by atoms with Gasteiger partial charge in [0.1, 0.15) is 0 Å². The molecule has 0 spiro atoms. The summed E-state index contributed by atoms with van der Waals surface area (Å²) in [7, 11) is 0. The molecule has 0 unspecified atom stereocenters. The molecule has 1 aromatic heterocycles. The van der Waals surface area contributed by atoms with Gasteiger partial charge in [-0.1, -0.05) is 0 Å². The Bertz CT molecular complexity index is 494. The summed E-state index contributed by atoms with van der Waals surface area (Å²) in [6.45, 7) is 2.87. The van der Waals surface area contributed by atoms with Gasteiger partial charge in [0.25, 0.3) is 0 Å². The zero-order valence-corrected chi connectivity index (χ0v) is 10.9. The third-order valence-corrected chi connectivity index (χ3v) is 2.99. The van der Waals surface area contributed by atoms with Crippen LogP contribution in [0, 0.1) is 0 Å². The molecule has 1 aromatic carbocycles. The Morgan fingerprint density at radius 3 is 2.78 bits per heavy atom. The number of nitrogens with one attached hydrogen (secondary N) is 1. The number of aromatic nitrogens is 1. The quantitative estimate of drug-likeness (QED) is 0.842. The van der Waals surface area contributed by atoms with Gasteiger partial charge in [-0.25, -0.2) is 9.78 Å². The SMILES string of the molecule is CCOC(=O)c1ccc(NCc2cscn2)cc1. The van der Waals surface area contributed by atoms with E-state index in [2.05, 4.69) is 10.3 Å². The van der Waals surface area contributed by atoms with Crippen LogP contribution in [0.1, 0.15) is 23.0 Å². The van der Waals surface area contributed by atoms with Crippen LogP contribution in [0.2, 0.25) is 0 Å². The minimum atomic E-state index is -0.288. The number of rotatable bonds is 5. The van der Waals surface area contributed by atoms with Crippen LogP contribution >= 0.6 is 11.3 Å². The van der Waals surface area contributed by atoms with Gasteiger partial charge in [-0.15, -0.1) is 11.3 Å². The van der Waals surface area contributed by atoms with E-state index in [0.29, 0.717) is 18.7 Å². The third kappa shape index (κ3) is 3.30. The fraction of sp³-hybridized carbons (Fsp3) is 0.231. The van der Waals surface area contributed by atoms with Crippen LogP contribution in [0.25, 0.3) is 0 Å². The Morgan fingerprint density at radius 2 is 2.17 bits per heavy atom. The summed E-state index contributed by atoms with van der Waals surface area (Å²) < 4.78 is 4.92. The van der Waals surface area contributed by atoms with Gasteiger partial charge in [-0.3, -0.25) is 0 Å². The van der Waals surface area contributed by atoms with Crippen LogP contribution in [0.4, 0.5) is 5.69 Å². The molecule has 0 aliphatic rings. The average molecular weight is 262 g/mol. The van der Waals surface area contributed by atoms with E-state index < -0.39 is 0 Å². The zero-order chi connectivity index (χ0) is 12.8. The summed E-state index contributed by atoms with van der Waals surface area (Å²) in [4.78, 5) is 15.6. The Morgan fingerprint density at radius 1 is 1.39 bits per heavy atom. The lowest BCUT2D eigenvalue weighted by Gasteiger charge is -2.06. The number of esters is 1. The number of carbonyl (C=O) groups excluding carboxylic acids is 1. The van der Waals surface area contributed by atoms with Gasteiger partial charge in [0.15, 0.2) is 0 Å². The monoisotopic (exact) mass is 262 g/mol. The topological polar surface area (TPSA) is 51.2 Å². The van der Waals surface area contributed by atoms with Gasteiger partial charge >= 0.3 is 5.97 Å². The van der Waals surface area contributed by atoms with Gasteiger partial charge < -0.3 is 10.1 Å². The molecular formula is C13H14N2O2S. The van der Waals surface area contributed by atoms with E-state index in [1.165, 1.54) is 0 Å². The van der Waals surface area contributed by atoms with Crippen molar-refractivity contribution in [1.29, 1.82) is 0 Å². The molecule has 0 bridgehead atoms. The van der Waals surface area contributed by atoms with Crippen LogP contribution in [0.15, 0.2) is 35.2 Å². The van der Waals surface area contributed by atoms with Crippen molar-refractivity contribution in [2.75, 3.05) is 11.9 Å². The van der Waals surface area contributed by atoms with Crippen molar-refractivity contribution in [2.24, 2.45) is 0 Å². The predicted octanol–water partition coefficient (Wildman–Crippen LogP) is 2.93. The molecule has 0 aliphatic heterocycles. The largest absolute Gasteiger partial charge is 0.462 e. The molecule has 94 valence electrons. The van der Waals surface area contributed by atoms with E-state index in [1.807, 2.05) is 17.5 Å². The second kappa shape index (κ2) is 6.16. The second-order valence-electron chi connectivity index (χ2n) is 3.63. The Balaban J connectivity index is 1.93. The first-order valence-electron chi connectivity index (χ1n) is 5.67. The van der Waals surface area contributed by atoms with Crippen LogP contribution in [0.5, 0.6) is 0 Å². The molecule has 0 saturated carbocycles. The van der Waals surface area contributed by atoms with Gasteiger partial charge in [0.05, 0.1) is 29.9 Å². The molecule has 1 N–H and O–H groups in total. The van der Waals surface area contributed by atoms with Crippen LogP contribution in [-0.4, -0.2) is 17.6 Å². The highest BCUT2D eigenvalue weighted by Gasteiger charge is 2.05. The summed E-state index contributed by atoms with van der Waals surface area (Å²) in [6, 6.07) is 7.22. The number of carbonyl (C=O) groups is 1. The normalized spacial score (nSPS) is 10.1. The lowest BCUT2D eigenvalue weighted by molar-refractivity contribution is 0.0526. The lowest BCUT2D eigenvalue weighted by Crippen LogP contribution is -2.05. The molecule has 18 heavy (non-hydrogen) atoms. The van der Waals surface area contributed by atoms with Crippen LogP contribution in [-0.2, 0) is 11.3 Å². The smallest absolute Gasteiger partial charge is 0.338 e. The number of hydrogen-bond donors (Lipinski definition) is 1. The van der Waals surface area contributed by atoms with Crippen molar-refractivity contribution < 1.29 is 9.53 Å². The van der Waals surface area contributed by atoms with Crippen LogP contribution in [0.3, 0.4) is 0 Å². The maximum atomic E-state index is 11.4. The van der Waals surface area contributed by atoms with E-state index in [4.69, 9.17) is 4.74 Å². The van der Waals surface area contributed by atoms with E-state index in [0.717, 1.165) is 11.4 Å². The molecule has 5 heteroatoms. The first kappa shape index (κ1) is 12.6. The molecule has 0 aliphatic carbocycles. The first-order valence-corrected chi connectivity index (χ1v) is 6.62. The number of thiazole rings is 1. The standard InChI is InChI=1S/C13H14N2O2S/c1-2-17-13(16)10-3-5-11(6-4-10)14-7-12-8-18-9-15-12/h3-6,8-9,14H,2,7H2,1H3. The van der Waals surface area contributed by atoms with Gasteiger partial charge in [0.2, 0.25) is 0 Å². The fourth-order valence-corrected chi connectivity index (χ4v) is 2.01. The molecule has 0 fully saturated rings. The number of benzene rings is 1. The summed E-state index contributed by atoms with van der Waals surface area (Å²) >= 11 is 1.57. The molecule has 1 heterocycles. The maximum absolute atomic E-state index is 11.4. The second-order valence-corrected chi connectivity index (χ2v) is 4.35. The van der Waals surface area contributed by atoms with Crippen molar-refractivity contribution in [2.45, 2.75) is 13.5 Å². The molecular weight excluding hydrogens is 248 g/mol. The average Bonchev–Trinajstić information content (AvgIpc) is 2.90. The van der Waals surface area contributed by atoms with E-state index in [1.54, 1.807) is 35.9 Å². The van der Waals surface area contributed by atoms with Gasteiger partial charge in [0, 0.05) is 11.1 Å². The van der Waals surface area contributed by atoms with E-state index in [9.17, 15) is 4.79 Å². The molecule has 4 nitrogen and oxygen atoms in total. The minimum absolute atomic E-state index is 0.288. The first-order chi connectivity index (χ1) is 8.79. The van der Waals surface area contributed by atoms with E-state index >= 15 is 0 Å². The Hall–Kier alpha value is -1.88. The number of ether oxygens (including phenoxy) is 1. The Labute approximate surface area is 110 Å². The minimum Gasteiger partial charge on any atom is -0.462 e. The number of nitrogens with zero attached hydrogens (tertiary/aromatic N) is 1. The third-order valence-electron chi connectivity index (χ3n) is 2.35. The summed E-state index contributed by atoms with van der Waals surface area (Å²) in [5.41, 5.74) is 4.34. The van der Waals surface area contributed by atoms with Crippen molar-refractivity contribution in [1.82, 2.24) is 4.98 Å². The molecule has 0 atom stereocenters. The van der Waals surface area contributed by atoms with Crippen molar-refractivity contribution in [3.8, 4) is 0 Å².